The lowest BCUT2D eigenvalue weighted by atomic mass is 10.0. The fourth-order valence-corrected chi connectivity index (χ4v) is 4.22. The standard InChI is InChI=1S/C24H37BrCl3N3OS/c1-2-3-4-5-6-7-8-9-10-11-12-13-14-21(32)30-22(24(26,27)28)31-23(33)29-20-17-15-19(25)16-18-20/h15-18,22H,2-14H2,1H3,(H,30,32)(H2,29,31,33). The lowest BCUT2D eigenvalue weighted by molar-refractivity contribution is -0.122. The predicted octanol–water partition coefficient (Wildman–Crippen LogP) is 8.64. The van der Waals surface area contributed by atoms with Gasteiger partial charge in [-0.05, 0) is 42.9 Å². The fraction of sp³-hybridized carbons (Fsp3) is 0.667. The second-order valence-corrected chi connectivity index (χ2v) is 12.0. The van der Waals surface area contributed by atoms with Gasteiger partial charge < -0.3 is 16.0 Å². The number of thiocarbonyl (C=S) groups is 1. The van der Waals surface area contributed by atoms with E-state index < -0.39 is 9.96 Å². The van der Waals surface area contributed by atoms with Gasteiger partial charge in [0.25, 0.3) is 0 Å². The summed E-state index contributed by atoms with van der Waals surface area (Å²) < 4.78 is -0.798. The Labute approximate surface area is 228 Å². The quantitative estimate of drug-likeness (QED) is 0.0768. The van der Waals surface area contributed by atoms with E-state index in [-0.39, 0.29) is 11.0 Å². The molecule has 0 spiro atoms. The van der Waals surface area contributed by atoms with E-state index in [0.29, 0.717) is 6.42 Å². The molecule has 0 fully saturated rings. The van der Waals surface area contributed by atoms with Crippen LogP contribution in [0.5, 0.6) is 0 Å². The number of halogens is 4. The molecule has 1 amide bonds. The van der Waals surface area contributed by atoms with E-state index in [4.69, 9.17) is 47.0 Å². The van der Waals surface area contributed by atoms with Crippen molar-refractivity contribution in [3.8, 4) is 0 Å². The minimum Gasteiger partial charge on any atom is -0.339 e. The van der Waals surface area contributed by atoms with Crippen molar-refractivity contribution in [2.24, 2.45) is 0 Å². The maximum atomic E-state index is 12.4. The van der Waals surface area contributed by atoms with Gasteiger partial charge in [0, 0.05) is 16.6 Å². The summed E-state index contributed by atoms with van der Waals surface area (Å²) in [6.45, 7) is 2.25. The number of anilines is 1. The van der Waals surface area contributed by atoms with Crippen molar-refractivity contribution >= 4 is 79.7 Å². The van der Waals surface area contributed by atoms with Gasteiger partial charge in [-0.2, -0.15) is 0 Å². The van der Waals surface area contributed by atoms with Gasteiger partial charge >= 0.3 is 0 Å². The summed E-state index contributed by atoms with van der Waals surface area (Å²) in [6.07, 6.45) is 14.4. The van der Waals surface area contributed by atoms with Crippen molar-refractivity contribution in [1.29, 1.82) is 0 Å². The number of alkyl halides is 3. The van der Waals surface area contributed by atoms with Crippen molar-refractivity contribution in [3.63, 3.8) is 0 Å². The molecule has 0 aliphatic carbocycles. The van der Waals surface area contributed by atoms with Crippen LogP contribution in [0.15, 0.2) is 28.7 Å². The topological polar surface area (TPSA) is 53.2 Å². The molecule has 0 heterocycles. The molecule has 9 heteroatoms. The zero-order valence-corrected chi connectivity index (χ0v) is 24.1. The molecule has 0 saturated carbocycles. The highest BCUT2D eigenvalue weighted by Gasteiger charge is 2.34. The fourth-order valence-electron chi connectivity index (χ4n) is 3.39. The summed E-state index contributed by atoms with van der Waals surface area (Å²) in [6, 6.07) is 7.48. The lowest BCUT2D eigenvalue weighted by Gasteiger charge is -2.27. The molecule has 0 aliphatic rings. The third-order valence-electron chi connectivity index (χ3n) is 5.27. The molecular weight excluding hydrogens is 565 g/mol. The number of carbonyl (C=O) groups is 1. The molecule has 188 valence electrons. The van der Waals surface area contributed by atoms with Gasteiger partial charge in [-0.1, -0.05) is 128 Å². The molecule has 0 aliphatic heterocycles. The van der Waals surface area contributed by atoms with E-state index in [0.717, 1.165) is 29.4 Å². The molecule has 1 aromatic carbocycles. The Balaban J connectivity index is 2.21. The van der Waals surface area contributed by atoms with Crippen molar-refractivity contribution in [1.82, 2.24) is 10.6 Å². The van der Waals surface area contributed by atoms with Crippen molar-refractivity contribution in [3.05, 3.63) is 28.7 Å². The first-order valence-corrected chi connectivity index (χ1v) is 14.2. The van der Waals surface area contributed by atoms with Crippen molar-refractivity contribution in [2.75, 3.05) is 5.32 Å². The predicted molar refractivity (Wildman–Crippen MR) is 151 cm³/mol. The van der Waals surface area contributed by atoms with Gasteiger partial charge in [-0.25, -0.2) is 0 Å². The average molecular weight is 602 g/mol. The Kier molecular flexibility index (Phi) is 16.8. The monoisotopic (exact) mass is 599 g/mol. The molecular formula is C24H37BrCl3N3OS. The third-order valence-corrected chi connectivity index (χ3v) is 6.67. The van der Waals surface area contributed by atoms with E-state index in [9.17, 15) is 4.79 Å². The zero-order valence-electron chi connectivity index (χ0n) is 19.4. The highest BCUT2D eigenvalue weighted by atomic mass is 79.9. The van der Waals surface area contributed by atoms with Gasteiger partial charge in [-0.3, -0.25) is 4.79 Å². The summed E-state index contributed by atoms with van der Waals surface area (Å²) in [5.41, 5.74) is 0.779. The van der Waals surface area contributed by atoms with Gasteiger partial charge in [-0.15, -0.1) is 0 Å². The first-order chi connectivity index (χ1) is 15.7. The van der Waals surface area contributed by atoms with Crippen LogP contribution in [0.3, 0.4) is 0 Å². The molecule has 0 bridgehead atoms. The first kappa shape index (κ1) is 30.8. The normalized spacial score (nSPS) is 12.3. The maximum absolute atomic E-state index is 12.4. The van der Waals surface area contributed by atoms with Crippen molar-refractivity contribution < 1.29 is 4.79 Å². The van der Waals surface area contributed by atoms with Crippen LogP contribution >= 0.6 is 63.0 Å². The van der Waals surface area contributed by atoms with Gasteiger partial charge in [0.05, 0.1) is 0 Å². The molecule has 1 rings (SSSR count). The van der Waals surface area contributed by atoms with Crippen LogP contribution in [0.4, 0.5) is 5.69 Å². The number of hydrogen-bond donors (Lipinski definition) is 3. The number of rotatable bonds is 16. The average Bonchev–Trinajstić information content (AvgIpc) is 2.75. The Morgan fingerprint density at radius 1 is 0.879 bits per heavy atom. The lowest BCUT2D eigenvalue weighted by Crippen LogP contribution is -2.56. The summed E-state index contributed by atoms with van der Waals surface area (Å²) >= 11 is 26.8. The number of amides is 1. The molecule has 1 unspecified atom stereocenters. The molecule has 33 heavy (non-hydrogen) atoms. The van der Waals surface area contributed by atoms with E-state index in [1.54, 1.807) is 0 Å². The van der Waals surface area contributed by atoms with E-state index >= 15 is 0 Å². The number of hydrogen-bond acceptors (Lipinski definition) is 2. The second-order valence-electron chi connectivity index (χ2n) is 8.29. The Bertz CT molecular complexity index is 687. The van der Waals surface area contributed by atoms with Crippen LogP contribution < -0.4 is 16.0 Å². The molecule has 1 atom stereocenters. The third kappa shape index (κ3) is 16.1. The molecule has 1 aromatic rings. The van der Waals surface area contributed by atoms with Gasteiger partial charge in [0.2, 0.25) is 9.70 Å². The Morgan fingerprint density at radius 3 is 1.85 bits per heavy atom. The minimum absolute atomic E-state index is 0.169. The molecule has 0 aromatic heterocycles. The van der Waals surface area contributed by atoms with Crippen LogP contribution in [0, 0.1) is 0 Å². The molecule has 3 N–H and O–H groups in total. The van der Waals surface area contributed by atoms with E-state index in [2.05, 4.69) is 38.8 Å². The molecule has 0 saturated heterocycles. The summed E-state index contributed by atoms with van der Waals surface area (Å²) in [5.74, 6) is -0.169. The number of unbranched alkanes of at least 4 members (excludes halogenated alkanes) is 11. The number of nitrogens with one attached hydrogen (secondary N) is 3. The first-order valence-electron chi connectivity index (χ1n) is 11.9. The number of benzene rings is 1. The number of carbonyl (C=O) groups excluding carboxylic acids is 1. The SMILES string of the molecule is CCCCCCCCCCCCCCC(=O)NC(NC(=S)Nc1ccc(Br)cc1)C(Cl)(Cl)Cl. The second kappa shape index (κ2) is 18.1. The van der Waals surface area contributed by atoms with E-state index in [1.807, 2.05) is 24.3 Å². The largest absolute Gasteiger partial charge is 0.339 e. The Hall–Kier alpha value is -0.270. The van der Waals surface area contributed by atoms with E-state index in [1.165, 1.54) is 57.8 Å². The molecule has 4 nitrogen and oxygen atoms in total. The molecule has 0 radical (unpaired) electrons. The van der Waals surface area contributed by atoms with Crippen LogP contribution in [0.2, 0.25) is 0 Å². The van der Waals surface area contributed by atoms with Crippen LogP contribution in [0.25, 0.3) is 0 Å². The summed E-state index contributed by atoms with van der Waals surface area (Å²) in [7, 11) is 0. The summed E-state index contributed by atoms with van der Waals surface area (Å²) in [4.78, 5) is 12.4. The highest BCUT2D eigenvalue weighted by Crippen LogP contribution is 2.29. The van der Waals surface area contributed by atoms with Crippen LogP contribution in [-0.4, -0.2) is 21.0 Å². The zero-order chi connectivity index (χ0) is 24.5. The summed E-state index contributed by atoms with van der Waals surface area (Å²) in [5, 5.41) is 8.88. The van der Waals surface area contributed by atoms with Gasteiger partial charge in [0.15, 0.2) is 5.11 Å². The Morgan fingerprint density at radius 2 is 1.36 bits per heavy atom. The van der Waals surface area contributed by atoms with Crippen LogP contribution in [-0.2, 0) is 4.79 Å². The smallest absolute Gasteiger partial charge is 0.228 e. The highest BCUT2D eigenvalue weighted by molar-refractivity contribution is 9.10. The van der Waals surface area contributed by atoms with Crippen molar-refractivity contribution in [2.45, 2.75) is 100 Å². The van der Waals surface area contributed by atoms with Crippen LogP contribution in [0.1, 0.15) is 90.4 Å². The minimum atomic E-state index is -1.75. The van der Waals surface area contributed by atoms with Gasteiger partial charge in [0.1, 0.15) is 6.17 Å². The maximum Gasteiger partial charge on any atom is 0.228 e.